The zero-order valence-corrected chi connectivity index (χ0v) is 15.8. The molecule has 1 saturated carbocycles. The maximum atomic E-state index is 12.8. The maximum Gasteiger partial charge on any atom is 0.238 e. The molecule has 0 bridgehead atoms. The molecule has 0 spiro atoms. The van der Waals surface area contributed by atoms with Crippen molar-refractivity contribution in [3.8, 4) is 0 Å². The van der Waals surface area contributed by atoms with Gasteiger partial charge in [-0.1, -0.05) is 42.3 Å². The second-order valence-corrected chi connectivity index (χ2v) is 8.64. The number of benzene rings is 2. The predicted octanol–water partition coefficient (Wildman–Crippen LogP) is 2.77. The van der Waals surface area contributed by atoms with E-state index in [0.717, 1.165) is 30.4 Å². The monoisotopic (exact) mass is 392 g/mol. The Hall–Kier alpha value is -1.89. The van der Waals surface area contributed by atoms with Gasteiger partial charge < -0.3 is 5.32 Å². The fourth-order valence-electron chi connectivity index (χ4n) is 3.28. The number of carbonyl (C=O) groups excluding carboxylic acids is 1. The number of rotatable bonds is 6. The Morgan fingerprint density at radius 2 is 1.69 bits per heavy atom. The Morgan fingerprint density at radius 1 is 1.08 bits per heavy atom. The highest BCUT2D eigenvalue weighted by Crippen LogP contribution is 2.44. The molecule has 1 amide bonds. The van der Waals surface area contributed by atoms with Gasteiger partial charge in [-0.05, 0) is 54.7 Å². The summed E-state index contributed by atoms with van der Waals surface area (Å²) in [7, 11) is -3.68. The van der Waals surface area contributed by atoms with Gasteiger partial charge in [-0.3, -0.25) is 4.79 Å². The van der Waals surface area contributed by atoms with Crippen LogP contribution in [0.2, 0.25) is 5.02 Å². The lowest BCUT2D eigenvalue weighted by Gasteiger charge is -2.40. The Kier molecular flexibility index (Phi) is 5.37. The Morgan fingerprint density at radius 3 is 2.19 bits per heavy atom. The first-order valence-corrected chi connectivity index (χ1v) is 10.4. The summed E-state index contributed by atoms with van der Waals surface area (Å²) in [6.45, 7) is 0.489. The van der Waals surface area contributed by atoms with Gasteiger partial charge in [-0.25, -0.2) is 13.6 Å². The Labute approximate surface area is 158 Å². The average molecular weight is 393 g/mol. The minimum absolute atomic E-state index is 0.0345. The van der Waals surface area contributed by atoms with E-state index in [4.69, 9.17) is 16.7 Å². The SMILES string of the molecule is NS(=O)(=O)c1ccc(CCNC(=O)C2(c3ccc(Cl)cc3)CCC2)cc1. The summed E-state index contributed by atoms with van der Waals surface area (Å²) in [5.74, 6) is 0.0345. The van der Waals surface area contributed by atoms with Gasteiger partial charge in [0.15, 0.2) is 0 Å². The number of carbonyl (C=O) groups is 1. The van der Waals surface area contributed by atoms with Crippen LogP contribution in [0, 0.1) is 0 Å². The molecular weight excluding hydrogens is 372 g/mol. The molecule has 26 heavy (non-hydrogen) atoms. The number of amides is 1. The molecular formula is C19H21ClN2O3S. The zero-order valence-electron chi connectivity index (χ0n) is 14.2. The normalized spacial score (nSPS) is 15.9. The third-order valence-corrected chi connectivity index (χ3v) is 6.17. The molecule has 1 fully saturated rings. The van der Waals surface area contributed by atoms with Gasteiger partial charge in [0.25, 0.3) is 0 Å². The number of primary sulfonamides is 1. The predicted molar refractivity (Wildman–Crippen MR) is 102 cm³/mol. The second-order valence-electron chi connectivity index (χ2n) is 6.64. The van der Waals surface area contributed by atoms with Gasteiger partial charge in [0.1, 0.15) is 0 Å². The molecule has 1 aliphatic carbocycles. The fourth-order valence-corrected chi connectivity index (χ4v) is 3.92. The van der Waals surface area contributed by atoms with Crippen molar-refractivity contribution in [2.24, 2.45) is 5.14 Å². The van der Waals surface area contributed by atoms with Crippen LogP contribution in [-0.4, -0.2) is 20.9 Å². The van der Waals surface area contributed by atoms with E-state index in [9.17, 15) is 13.2 Å². The minimum Gasteiger partial charge on any atom is -0.355 e. The summed E-state index contributed by atoms with van der Waals surface area (Å²) in [6.07, 6.45) is 3.32. The summed E-state index contributed by atoms with van der Waals surface area (Å²) >= 11 is 5.95. The summed E-state index contributed by atoms with van der Waals surface area (Å²) in [5.41, 5.74) is 1.48. The summed E-state index contributed by atoms with van der Waals surface area (Å²) in [6, 6.07) is 13.9. The molecule has 5 nitrogen and oxygen atoms in total. The van der Waals surface area contributed by atoms with Gasteiger partial charge in [0.2, 0.25) is 15.9 Å². The Balaban J connectivity index is 1.60. The molecule has 0 aliphatic heterocycles. The topological polar surface area (TPSA) is 89.3 Å². The van der Waals surface area contributed by atoms with Crippen LogP contribution in [0.15, 0.2) is 53.4 Å². The third kappa shape index (κ3) is 3.92. The second kappa shape index (κ2) is 7.39. The molecule has 2 aromatic rings. The number of hydrogen-bond donors (Lipinski definition) is 2. The van der Waals surface area contributed by atoms with Crippen molar-refractivity contribution in [3.63, 3.8) is 0 Å². The van der Waals surface area contributed by atoms with Crippen LogP contribution in [0.3, 0.4) is 0 Å². The number of nitrogens with two attached hydrogens (primary N) is 1. The van der Waals surface area contributed by atoms with Crippen LogP contribution in [0.25, 0.3) is 0 Å². The smallest absolute Gasteiger partial charge is 0.238 e. The summed E-state index contributed by atoms with van der Waals surface area (Å²) < 4.78 is 22.5. The van der Waals surface area contributed by atoms with E-state index in [1.807, 2.05) is 24.3 Å². The first kappa shape index (κ1) is 18.9. The average Bonchev–Trinajstić information content (AvgIpc) is 2.55. The lowest BCUT2D eigenvalue weighted by molar-refractivity contribution is -0.129. The number of hydrogen-bond acceptors (Lipinski definition) is 3. The molecule has 0 heterocycles. The van der Waals surface area contributed by atoms with Crippen LogP contribution in [0.4, 0.5) is 0 Å². The quantitative estimate of drug-likeness (QED) is 0.792. The Bertz CT molecular complexity index is 889. The first-order valence-electron chi connectivity index (χ1n) is 8.47. The highest BCUT2D eigenvalue weighted by molar-refractivity contribution is 7.89. The number of halogens is 1. The third-order valence-electron chi connectivity index (χ3n) is 4.99. The van der Waals surface area contributed by atoms with E-state index in [1.165, 1.54) is 12.1 Å². The summed E-state index contributed by atoms with van der Waals surface area (Å²) in [5, 5.41) is 8.76. The minimum atomic E-state index is -3.68. The lowest BCUT2D eigenvalue weighted by atomic mass is 9.64. The van der Waals surface area contributed by atoms with Crippen molar-refractivity contribution in [1.82, 2.24) is 5.32 Å². The van der Waals surface area contributed by atoms with Crippen LogP contribution in [0.1, 0.15) is 30.4 Å². The fraction of sp³-hybridized carbons (Fsp3) is 0.316. The molecule has 0 unspecified atom stereocenters. The van der Waals surface area contributed by atoms with E-state index in [-0.39, 0.29) is 10.8 Å². The number of sulfonamides is 1. The van der Waals surface area contributed by atoms with E-state index in [2.05, 4.69) is 5.32 Å². The molecule has 0 aromatic heterocycles. The van der Waals surface area contributed by atoms with Crippen molar-refractivity contribution in [2.45, 2.75) is 36.0 Å². The highest BCUT2D eigenvalue weighted by Gasteiger charge is 2.45. The lowest BCUT2D eigenvalue weighted by Crippen LogP contribution is -2.49. The van der Waals surface area contributed by atoms with Crippen molar-refractivity contribution < 1.29 is 13.2 Å². The molecule has 1 aliphatic rings. The molecule has 2 aromatic carbocycles. The van der Waals surface area contributed by atoms with Crippen LogP contribution in [0.5, 0.6) is 0 Å². The zero-order chi connectivity index (χ0) is 18.8. The molecule has 0 atom stereocenters. The largest absolute Gasteiger partial charge is 0.355 e. The highest BCUT2D eigenvalue weighted by atomic mass is 35.5. The van der Waals surface area contributed by atoms with Crippen LogP contribution >= 0.6 is 11.6 Å². The number of nitrogens with one attached hydrogen (secondary N) is 1. The van der Waals surface area contributed by atoms with Crippen molar-refractivity contribution in [2.75, 3.05) is 6.54 Å². The van der Waals surface area contributed by atoms with Gasteiger partial charge in [-0.2, -0.15) is 0 Å². The van der Waals surface area contributed by atoms with Crippen molar-refractivity contribution in [3.05, 3.63) is 64.7 Å². The summed E-state index contributed by atoms with van der Waals surface area (Å²) in [4.78, 5) is 12.9. The molecule has 3 N–H and O–H groups in total. The standard InChI is InChI=1S/C19H21ClN2O3S/c20-16-6-4-15(5-7-16)19(11-1-12-19)18(23)22-13-10-14-2-8-17(9-3-14)26(21,24)25/h2-9H,1,10-13H2,(H,22,23)(H2,21,24,25). The van der Waals surface area contributed by atoms with Crippen molar-refractivity contribution >= 4 is 27.5 Å². The molecule has 7 heteroatoms. The van der Waals surface area contributed by atoms with Gasteiger partial charge in [0, 0.05) is 11.6 Å². The van der Waals surface area contributed by atoms with Crippen molar-refractivity contribution in [1.29, 1.82) is 0 Å². The van der Waals surface area contributed by atoms with E-state index >= 15 is 0 Å². The van der Waals surface area contributed by atoms with Crippen LogP contribution < -0.4 is 10.5 Å². The molecule has 3 rings (SSSR count). The van der Waals surface area contributed by atoms with Gasteiger partial charge in [0.05, 0.1) is 10.3 Å². The van der Waals surface area contributed by atoms with Crippen LogP contribution in [-0.2, 0) is 26.7 Å². The maximum absolute atomic E-state index is 12.8. The molecule has 0 saturated heterocycles. The van der Waals surface area contributed by atoms with E-state index < -0.39 is 15.4 Å². The van der Waals surface area contributed by atoms with Gasteiger partial charge in [-0.15, -0.1) is 0 Å². The first-order chi connectivity index (χ1) is 12.3. The van der Waals surface area contributed by atoms with E-state index in [0.29, 0.717) is 18.0 Å². The molecule has 138 valence electrons. The van der Waals surface area contributed by atoms with Gasteiger partial charge >= 0.3 is 0 Å². The van der Waals surface area contributed by atoms with E-state index in [1.54, 1.807) is 12.1 Å². The molecule has 0 radical (unpaired) electrons.